The zero-order valence-electron chi connectivity index (χ0n) is 12.7. The van der Waals surface area contributed by atoms with Gasteiger partial charge in [0.05, 0.1) is 10.5 Å². The lowest BCUT2D eigenvalue weighted by Gasteiger charge is -2.27. The molecule has 6 heteroatoms. The molecular formula is C15H22N2O4. The van der Waals surface area contributed by atoms with Gasteiger partial charge in [-0.3, -0.25) is 10.1 Å². The van der Waals surface area contributed by atoms with Crippen LogP contribution in [0.4, 0.5) is 11.4 Å². The minimum Gasteiger partial charge on any atom is -0.478 e. The Bertz CT molecular complexity index is 512. The highest BCUT2D eigenvalue weighted by Crippen LogP contribution is 2.30. The summed E-state index contributed by atoms with van der Waals surface area (Å²) in [6, 6.07) is 3.94. The normalized spacial score (nSPS) is 10.7. The molecule has 1 aromatic carbocycles. The van der Waals surface area contributed by atoms with E-state index < -0.39 is 10.9 Å². The molecule has 0 amide bonds. The van der Waals surface area contributed by atoms with Gasteiger partial charge in [-0.15, -0.1) is 0 Å². The molecular weight excluding hydrogens is 272 g/mol. The van der Waals surface area contributed by atoms with Crippen LogP contribution in [-0.2, 0) is 0 Å². The first-order valence-corrected chi connectivity index (χ1v) is 7.21. The molecule has 21 heavy (non-hydrogen) atoms. The molecule has 0 saturated carbocycles. The first-order valence-electron chi connectivity index (χ1n) is 7.21. The third-order valence-corrected chi connectivity index (χ3v) is 3.77. The molecule has 0 aromatic heterocycles. The molecule has 1 rings (SSSR count). The van der Waals surface area contributed by atoms with Crippen LogP contribution in [0.15, 0.2) is 18.2 Å². The molecule has 0 unspecified atom stereocenters. The number of aromatic carboxylic acids is 1. The van der Waals surface area contributed by atoms with Crippen molar-refractivity contribution in [2.45, 2.75) is 33.6 Å². The molecule has 0 fully saturated rings. The van der Waals surface area contributed by atoms with Crippen LogP contribution in [0, 0.1) is 16.0 Å². The Labute approximate surface area is 124 Å². The molecule has 1 N–H and O–H groups in total. The molecule has 0 bridgehead atoms. The van der Waals surface area contributed by atoms with Gasteiger partial charge in [0.25, 0.3) is 5.69 Å². The minimum atomic E-state index is -1.08. The zero-order chi connectivity index (χ0) is 16.0. The van der Waals surface area contributed by atoms with Gasteiger partial charge in [0.15, 0.2) is 0 Å². The fraction of sp³-hybridized carbons (Fsp3) is 0.533. The van der Waals surface area contributed by atoms with E-state index in [-0.39, 0.29) is 11.3 Å². The van der Waals surface area contributed by atoms with Gasteiger partial charge in [-0.2, -0.15) is 0 Å². The minimum absolute atomic E-state index is 0.0483. The maximum absolute atomic E-state index is 11.2. The van der Waals surface area contributed by atoms with E-state index in [2.05, 4.69) is 13.8 Å². The van der Waals surface area contributed by atoms with Gasteiger partial charge in [0.2, 0.25) is 0 Å². The van der Waals surface area contributed by atoms with Gasteiger partial charge < -0.3 is 10.0 Å². The van der Waals surface area contributed by atoms with Crippen LogP contribution in [-0.4, -0.2) is 29.1 Å². The molecule has 0 saturated heterocycles. The maximum Gasteiger partial charge on any atom is 0.335 e. The highest BCUT2D eigenvalue weighted by molar-refractivity contribution is 5.90. The third-order valence-electron chi connectivity index (χ3n) is 3.77. The number of nitro benzene ring substituents is 1. The standard InChI is InChI=1S/C15H22N2O4/c1-4-11(5-2)10-16(6-3)14-9-12(15(18)19)7-8-13(14)17(20)21/h7-9,11H,4-6,10H2,1-3H3,(H,18,19). The second-order valence-electron chi connectivity index (χ2n) is 4.99. The van der Waals surface area contributed by atoms with Crippen LogP contribution in [0.25, 0.3) is 0 Å². The van der Waals surface area contributed by atoms with Gasteiger partial charge >= 0.3 is 5.97 Å². The van der Waals surface area contributed by atoms with Gasteiger partial charge in [0, 0.05) is 19.2 Å². The number of rotatable bonds is 8. The number of carbonyl (C=O) groups is 1. The molecule has 6 nitrogen and oxygen atoms in total. The van der Waals surface area contributed by atoms with Crippen molar-refractivity contribution in [3.63, 3.8) is 0 Å². The number of hydrogen-bond acceptors (Lipinski definition) is 4. The van der Waals surface area contributed by atoms with E-state index in [4.69, 9.17) is 5.11 Å². The number of benzene rings is 1. The Morgan fingerprint density at radius 3 is 2.38 bits per heavy atom. The number of carboxylic acids is 1. The summed E-state index contributed by atoms with van der Waals surface area (Å²) in [6.07, 6.45) is 1.97. The van der Waals surface area contributed by atoms with Crippen LogP contribution in [0.2, 0.25) is 0 Å². The van der Waals surface area contributed by atoms with Crippen molar-refractivity contribution in [3.05, 3.63) is 33.9 Å². The van der Waals surface area contributed by atoms with Gasteiger partial charge in [-0.05, 0) is 25.0 Å². The maximum atomic E-state index is 11.2. The number of nitrogens with zero attached hydrogens (tertiary/aromatic N) is 2. The smallest absolute Gasteiger partial charge is 0.335 e. The van der Waals surface area contributed by atoms with Crippen LogP contribution in [0.5, 0.6) is 0 Å². The molecule has 0 heterocycles. The van der Waals surface area contributed by atoms with Crippen LogP contribution >= 0.6 is 0 Å². The summed E-state index contributed by atoms with van der Waals surface area (Å²) in [5.74, 6) is -0.650. The summed E-state index contributed by atoms with van der Waals surface area (Å²) in [6.45, 7) is 7.38. The van der Waals surface area contributed by atoms with Crippen LogP contribution in [0.3, 0.4) is 0 Å². The van der Waals surface area contributed by atoms with Crippen molar-refractivity contribution in [2.75, 3.05) is 18.0 Å². The van der Waals surface area contributed by atoms with E-state index in [1.54, 1.807) is 0 Å². The summed E-state index contributed by atoms with van der Waals surface area (Å²) in [4.78, 5) is 23.7. The number of carboxylic acid groups (broad SMARTS) is 1. The van der Waals surface area contributed by atoms with Crippen molar-refractivity contribution < 1.29 is 14.8 Å². The molecule has 0 aliphatic rings. The molecule has 0 aliphatic carbocycles. The quantitative estimate of drug-likeness (QED) is 0.585. The summed E-state index contributed by atoms with van der Waals surface area (Å²) in [5.41, 5.74) is 0.403. The summed E-state index contributed by atoms with van der Waals surface area (Å²) in [7, 11) is 0. The predicted molar refractivity (Wildman–Crippen MR) is 82.0 cm³/mol. The molecule has 0 radical (unpaired) electrons. The predicted octanol–water partition coefficient (Wildman–Crippen LogP) is 3.56. The Morgan fingerprint density at radius 2 is 1.95 bits per heavy atom. The average molecular weight is 294 g/mol. The molecule has 0 aliphatic heterocycles. The Balaban J connectivity index is 3.24. The van der Waals surface area contributed by atoms with Crippen molar-refractivity contribution in [3.8, 4) is 0 Å². The van der Waals surface area contributed by atoms with Crippen LogP contribution < -0.4 is 4.90 Å². The second kappa shape index (κ2) is 7.61. The van der Waals surface area contributed by atoms with Crippen molar-refractivity contribution in [2.24, 2.45) is 5.92 Å². The Hall–Kier alpha value is -2.11. The van der Waals surface area contributed by atoms with E-state index in [9.17, 15) is 14.9 Å². The first-order chi connectivity index (χ1) is 9.94. The highest BCUT2D eigenvalue weighted by Gasteiger charge is 2.22. The number of hydrogen-bond donors (Lipinski definition) is 1. The number of nitro groups is 1. The summed E-state index contributed by atoms with van der Waals surface area (Å²) in [5, 5.41) is 20.3. The zero-order valence-corrected chi connectivity index (χ0v) is 12.7. The van der Waals surface area contributed by atoms with Gasteiger partial charge in [0.1, 0.15) is 5.69 Å². The lowest BCUT2D eigenvalue weighted by molar-refractivity contribution is -0.384. The fourth-order valence-corrected chi connectivity index (χ4v) is 2.32. The summed E-state index contributed by atoms with van der Waals surface area (Å²) >= 11 is 0. The first kappa shape index (κ1) is 16.9. The highest BCUT2D eigenvalue weighted by atomic mass is 16.6. The molecule has 0 spiro atoms. The van der Waals surface area contributed by atoms with E-state index in [1.165, 1.54) is 18.2 Å². The van der Waals surface area contributed by atoms with E-state index in [0.717, 1.165) is 12.8 Å². The molecule has 1 aromatic rings. The van der Waals surface area contributed by atoms with Gasteiger partial charge in [-0.25, -0.2) is 4.79 Å². The van der Waals surface area contributed by atoms with Crippen molar-refractivity contribution >= 4 is 17.3 Å². The monoisotopic (exact) mass is 294 g/mol. The van der Waals surface area contributed by atoms with E-state index in [1.807, 2.05) is 11.8 Å². The molecule has 116 valence electrons. The average Bonchev–Trinajstić information content (AvgIpc) is 2.48. The topological polar surface area (TPSA) is 83.7 Å². The SMILES string of the molecule is CCC(CC)CN(CC)c1cc(C(=O)O)ccc1[N+](=O)[O-]. The largest absolute Gasteiger partial charge is 0.478 e. The lowest BCUT2D eigenvalue weighted by Crippen LogP contribution is -2.29. The fourth-order valence-electron chi connectivity index (χ4n) is 2.32. The Kier molecular flexibility index (Phi) is 6.14. The second-order valence-corrected chi connectivity index (χ2v) is 4.99. The van der Waals surface area contributed by atoms with Crippen molar-refractivity contribution in [1.82, 2.24) is 0 Å². The summed E-state index contributed by atoms with van der Waals surface area (Å²) < 4.78 is 0. The Morgan fingerprint density at radius 1 is 1.33 bits per heavy atom. The van der Waals surface area contributed by atoms with Crippen LogP contribution in [0.1, 0.15) is 44.0 Å². The number of anilines is 1. The third kappa shape index (κ3) is 4.18. The molecule has 0 atom stereocenters. The van der Waals surface area contributed by atoms with E-state index >= 15 is 0 Å². The lowest BCUT2D eigenvalue weighted by atomic mass is 10.0. The van der Waals surface area contributed by atoms with Crippen molar-refractivity contribution in [1.29, 1.82) is 0 Å². The van der Waals surface area contributed by atoms with Gasteiger partial charge in [-0.1, -0.05) is 26.7 Å². The van der Waals surface area contributed by atoms with E-state index in [0.29, 0.717) is 24.7 Å².